The number of amides is 1. The van der Waals surface area contributed by atoms with Crippen LogP contribution in [0.4, 0.5) is 21.5 Å². The molecule has 1 aliphatic carbocycles. The lowest BCUT2D eigenvalue weighted by atomic mass is 9.88. The van der Waals surface area contributed by atoms with Gasteiger partial charge in [0.25, 0.3) is 0 Å². The monoisotopic (exact) mass is 389 g/mol. The van der Waals surface area contributed by atoms with E-state index in [0.717, 1.165) is 18.9 Å². The lowest BCUT2D eigenvalue weighted by Gasteiger charge is -2.40. The molecule has 0 spiro atoms. The van der Waals surface area contributed by atoms with Gasteiger partial charge >= 0.3 is 5.97 Å². The smallest absolute Gasteiger partial charge is 0.318 e. The van der Waals surface area contributed by atoms with Crippen LogP contribution in [0.3, 0.4) is 0 Å². The first-order valence-electron chi connectivity index (χ1n) is 9.41. The molecule has 3 unspecified atom stereocenters. The Bertz CT molecular complexity index is 915. The predicted molar refractivity (Wildman–Crippen MR) is 97.0 cm³/mol. The van der Waals surface area contributed by atoms with Crippen LogP contribution in [0, 0.1) is 11.7 Å². The van der Waals surface area contributed by atoms with Gasteiger partial charge < -0.3 is 25.0 Å². The van der Waals surface area contributed by atoms with E-state index in [1.807, 2.05) is 4.90 Å². The summed E-state index contributed by atoms with van der Waals surface area (Å²) in [5, 5.41) is 12.8. The largest absolute Gasteiger partial charge is 0.468 e. The Morgan fingerprint density at radius 1 is 1.25 bits per heavy atom. The van der Waals surface area contributed by atoms with Gasteiger partial charge in [-0.05, 0) is 18.9 Å². The molecule has 1 amide bonds. The number of fused-ring (bicyclic) bond motifs is 5. The topological polar surface area (TPSA) is 99.2 Å². The quantitative estimate of drug-likeness (QED) is 0.567. The van der Waals surface area contributed by atoms with Crippen molar-refractivity contribution in [2.75, 3.05) is 35.3 Å². The fourth-order valence-corrected chi connectivity index (χ4v) is 4.63. The van der Waals surface area contributed by atoms with E-state index in [1.165, 1.54) is 7.11 Å². The van der Waals surface area contributed by atoms with Crippen molar-refractivity contribution in [3.63, 3.8) is 0 Å². The summed E-state index contributed by atoms with van der Waals surface area (Å²) >= 11 is 0. The summed E-state index contributed by atoms with van der Waals surface area (Å²) < 4.78 is 19.9. The van der Waals surface area contributed by atoms with Crippen LogP contribution in [0.2, 0.25) is 0 Å². The number of carbonyl (C=O) groups is 3. The molecule has 5 rings (SSSR count). The first kappa shape index (κ1) is 17.4. The second-order valence-electron chi connectivity index (χ2n) is 7.85. The van der Waals surface area contributed by atoms with Crippen LogP contribution < -0.4 is 15.1 Å². The third-order valence-electron chi connectivity index (χ3n) is 6.06. The van der Waals surface area contributed by atoms with E-state index in [9.17, 15) is 19.5 Å². The van der Waals surface area contributed by atoms with Gasteiger partial charge in [0.05, 0.1) is 30.3 Å². The number of carbonyl (C=O) groups excluding carboxylic acids is 3. The van der Waals surface area contributed by atoms with Crippen LogP contribution in [0.5, 0.6) is 0 Å². The molecule has 148 valence electrons. The predicted octanol–water partition coefficient (Wildman–Crippen LogP) is 0.672. The van der Waals surface area contributed by atoms with Gasteiger partial charge in [0.2, 0.25) is 5.91 Å². The fourth-order valence-electron chi connectivity index (χ4n) is 4.63. The second kappa shape index (κ2) is 5.91. The molecule has 3 atom stereocenters. The minimum absolute atomic E-state index is 0.0864. The summed E-state index contributed by atoms with van der Waals surface area (Å²) in [6.07, 6.45) is 1.30. The molecule has 1 saturated carbocycles. The average Bonchev–Trinajstić information content (AvgIpc) is 3.43. The van der Waals surface area contributed by atoms with Crippen molar-refractivity contribution in [1.29, 1.82) is 0 Å². The van der Waals surface area contributed by atoms with E-state index in [4.69, 9.17) is 4.74 Å². The molecule has 3 heterocycles. The number of aliphatic hydroxyl groups is 1. The van der Waals surface area contributed by atoms with Gasteiger partial charge in [-0.3, -0.25) is 14.4 Å². The van der Waals surface area contributed by atoms with Crippen molar-refractivity contribution < 1.29 is 28.6 Å². The van der Waals surface area contributed by atoms with E-state index in [0.29, 0.717) is 5.69 Å². The van der Waals surface area contributed by atoms with Crippen LogP contribution in [0.15, 0.2) is 6.07 Å². The Labute approximate surface area is 160 Å². The molecule has 0 radical (unpaired) electrons. The molecule has 2 fully saturated rings. The third-order valence-corrected chi connectivity index (χ3v) is 6.06. The number of ether oxygens (including phenoxy) is 1. The Kier molecular flexibility index (Phi) is 3.67. The summed E-state index contributed by atoms with van der Waals surface area (Å²) in [6, 6.07) is 0.652. The van der Waals surface area contributed by atoms with Crippen molar-refractivity contribution in [1.82, 2.24) is 0 Å². The van der Waals surface area contributed by atoms with E-state index in [1.54, 1.807) is 4.90 Å². The maximum Gasteiger partial charge on any atom is 0.318 e. The Morgan fingerprint density at radius 2 is 2.00 bits per heavy atom. The van der Waals surface area contributed by atoms with Crippen LogP contribution in [0.1, 0.15) is 29.6 Å². The van der Waals surface area contributed by atoms with Crippen molar-refractivity contribution in [2.24, 2.45) is 5.92 Å². The van der Waals surface area contributed by atoms with E-state index < -0.39 is 35.6 Å². The fraction of sp³-hybridized carbons (Fsp3) is 0.526. The number of aliphatic hydroxyl groups excluding tert-OH is 1. The highest BCUT2D eigenvalue weighted by Gasteiger charge is 2.48. The number of anilines is 3. The first-order chi connectivity index (χ1) is 13.4. The lowest BCUT2D eigenvalue weighted by molar-refractivity contribution is -0.143. The van der Waals surface area contributed by atoms with E-state index in [-0.39, 0.29) is 48.4 Å². The summed E-state index contributed by atoms with van der Waals surface area (Å²) in [7, 11) is 1.22. The van der Waals surface area contributed by atoms with Crippen molar-refractivity contribution in [3.8, 4) is 0 Å². The molecular formula is C19H20FN3O5. The molecule has 9 heteroatoms. The maximum absolute atomic E-state index is 15.1. The molecule has 1 aromatic rings. The highest BCUT2D eigenvalue weighted by molar-refractivity contribution is 6.18. The van der Waals surface area contributed by atoms with Gasteiger partial charge in [-0.1, -0.05) is 0 Å². The normalized spacial score (nSPS) is 28.5. The first-order valence-corrected chi connectivity index (χ1v) is 9.41. The standard InChI is InChI=1S/C19H20FN3O5/c1-28-19(27)11-7-22(8-2-3-8)15-10(17(11)25)5-12(20)16-14(15)21-18(26)13-4-9(24)6-23(13)16/h5,8-9,11,13,24H,2-4,6-7H2,1H3,(H,21,26). The Balaban J connectivity index is 1.70. The van der Waals surface area contributed by atoms with Crippen LogP contribution >= 0.6 is 0 Å². The minimum Gasteiger partial charge on any atom is -0.468 e. The number of halogens is 1. The number of hydrogen-bond donors (Lipinski definition) is 2. The molecule has 1 aromatic carbocycles. The number of hydrogen-bond acceptors (Lipinski definition) is 7. The summed E-state index contributed by atoms with van der Waals surface area (Å²) in [6.45, 7) is 0.298. The number of rotatable bonds is 2. The van der Waals surface area contributed by atoms with Crippen molar-refractivity contribution in [2.45, 2.75) is 37.5 Å². The molecule has 3 aliphatic heterocycles. The highest BCUT2D eigenvalue weighted by Crippen LogP contribution is 2.50. The SMILES string of the molecule is COC(=O)C1CN(C2CC2)c2c(cc(F)c3c2NC(=O)C2CC(O)CN32)C1=O. The molecule has 0 aromatic heterocycles. The van der Waals surface area contributed by atoms with Crippen molar-refractivity contribution in [3.05, 3.63) is 17.4 Å². The van der Waals surface area contributed by atoms with Gasteiger partial charge in [-0.15, -0.1) is 0 Å². The van der Waals surface area contributed by atoms with Gasteiger partial charge in [-0.25, -0.2) is 4.39 Å². The zero-order valence-electron chi connectivity index (χ0n) is 15.3. The zero-order valence-corrected chi connectivity index (χ0v) is 15.3. The lowest BCUT2D eigenvalue weighted by Crippen LogP contribution is -2.48. The summed E-state index contributed by atoms with van der Waals surface area (Å²) in [4.78, 5) is 41.2. The molecule has 8 nitrogen and oxygen atoms in total. The van der Waals surface area contributed by atoms with Crippen LogP contribution in [0.25, 0.3) is 0 Å². The minimum atomic E-state index is -1.02. The van der Waals surface area contributed by atoms with Crippen LogP contribution in [-0.4, -0.2) is 61.2 Å². The Morgan fingerprint density at radius 3 is 2.68 bits per heavy atom. The van der Waals surface area contributed by atoms with Gasteiger partial charge in [0, 0.05) is 31.1 Å². The van der Waals surface area contributed by atoms with E-state index >= 15 is 4.39 Å². The molecule has 2 N–H and O–H groups in total. The zero-order chi connectivity index (χ0) is 19.7. The molecule has 1 saturated heterocycles. The Hall–Kier alpha value is -2.68. The van der Waals surface area contributed by atoms with Gasteiger partial charge in [-0.2, -0.15) is 0 Å². The molecule has 4 aliphatic rings. The van der Waals surface area contributed by atoms with Crippen molar-refractivity contribution >= 4 is 34.7 Å². The average molecular weight is 389 g/mol. The number of nitrogens with zero attached hydrogens (tertiary/aromatic N) is 2. The van der Waals surface area contributed by atoms with Crippen LogP contribution in [-0.2, 0) is 14.3 Å². The molecular weight excluding hydrogens is 369 g/mol. The molecule has 0 bridgehead atoms. The second-order valence-corrected chi connectivity index (χ2v) is 7.85. The number of ketones is 1. The number of benzene rings is 1. The highest BCUT2D eigenvalue weighted by atomic mass is 19.1. The number of Topliss-reactive ketones (excluding diaryl/α,β-unsaturated/α-hetero) is 1. The molecule has 28 heavy (non-hydrogen) atoms. The van der Waals surface area contributed by atoms with Gasteiger partial charge in [0.15, 0.2) is 5.78 Å². The number of nitrogens with one attached hydrogen (secondary N) is 1. The number of methoxy groups -OCH3 is 1. The summed E-state index contributed by atoms with van der Waals surface area (Å²) in [5.41, 5.74) is 1.02. The number of esters is 1. The third kappa shape index (κ3) is 2.35. The maximum atomic E-state index is 15.1. The summed E-state index contributed by atoms with van der Waals surface area (Å²) in [5.74, 6) is -3.14. The van der Waals surface area contributed by atoms with E-state index in [2.05, 4.69) is 5.32 Å². The van der Waals surface area contributed by atoms with Gasteiger partial charge in [0.1, 0.15) is 17.8 Å².